The van der Waals surface area contributed by atoms with Gasteiger partial charge in [-0.05, 0) is 43.9 Å². The Morgan fingerprint density at radius 3 is 2.44 bits per heavy atom. The van der Waals surface area contributed by atoms with Crippen molar-refractivity contribution in [2.75, 3.05) is 0 Å². The van der Waals surface area contributed by atoms with Crippen molar-refractivity contribution >= 4 is 28.9 Å². The molecule has 0 bridgehead atoms. The van der Waals surface area contributed by atoms with Gasteiger partial charge in [-0.2, -0.15) is 0 Å². The van der Waals surface area contributed by atoms with E-state index in [1.807, 2.05) is 6.07 Å². The summed E-state index contributed by atoms with van der Waals surface area (Å²) in [4.78, 5) is 0. The molecule has 1 saturated carbocycles. The molecule has 1 N–H and O–H groups in total. The fraction of sp³-hybridized carbons (Fsp3) is 0.500. The van der Waals surface area contributed by atoms with E-state index in [-0.39, 0.29) is 12.1 Å². The highest BCUT2D eigenvalue weighted by Crippen LogP contribution is 2.29. The van der Waals surface area contributed by atoms with Crippen LogP contribution in [-0.4, -0.2) is 17.3 Å². The maximum Gasteiger partial charge on any atom is 0.0764 e. The van der Waals surface area contributed by atoms with Crippen molar-refractivity contribution in [3.05, 3.63) is 28.2 Å². The molecule has 2 nitrogen and oxygen atoms in total. The second-order valence-electron chi connectivity index (χ2n) is 4.19. The molecule has 1 aromatic rings. The summed E-state index contributed by atoms with van der Waals surface area (Å²) in [5, 5.41) is 15.2. The first-order valence-electron chi connectivity index (χ1n) is 5.49. The van der Waals surface area contributed by atoms with Gasteiger partial charge in [-0.15, -0.1) is 0 Å². The number of rotatable bonds is 2. The average molecular weight is 259 g/mol. The van der Waals surface area contributed by atoms with Crippen molar-refractivity contribution in [2.45, 2.75) is 37.8 Å². The normalized spacial score (nSPS) is 25.4. The van der Waals surface area contributed by atoms with Gasteiger partial charge >= 0.3 is 0 Å². The second-order valence-corrected chi connectivity index (χ2v) is 5.03. The molecule has 0 aliphatic heterocycles. The molecule has 0 atom stereocenters. The Morgan fingerprint density at radius 2 is 1.81 bits per heavy atom. The summed E-state index contributed by atoms with van der Waals surface area (Å²) in [6.07, 6.45) is 3.38. The standard InChI is InChI=1S/C12H14Cl2NO/c13-8-1-6-12(11(14)7-8)15-9-2-4-10(16)5-3-9/h1,6-7,9-10,16H,2-5H2/t9-,10-. The number of hydrogen-bond donors (Lipinski definition) is 1. The quantitative estimate of drug-likeness (QED) is 0.866. The van der Waals surface area contributed by atoms with Crippen LogP contribution in [-0.2, 0) is 0 Å². The largest absolute Gasteiger partial charge is 0.393 e. The predicted molar refractivity (Wildman–Crippen MR) is 66.5 cm³/mol. The van der Waals surface area contributed by atoms with Gasteiger partial charge < -0.3 is 5.11 Å². The fourth-order valence-corrected chi connectivity index (χ4v) is 2.43. The molecule has 0 heterocycles. The van der Waals surface area contributed by atoms with E-state index >= 15 is 0 Å². The molecule has 1 fully saturated rings. The Bertz CT molecular complexity index is 362. The Hall–Kier alpha value is -0.440. The molecule has 2 rings (SSSR count). The summed E-state index contributed by atoms with van der Waals surface area (Å²) in [6.45, 7) is 0. The lowest BCUT2D eigenvalue weighted by Gasteiger charge is -2.25. The third-order valence-electron chi connectivity index (χ3n) is 2.90. The van der Waals surface area contributed by atoms with E-state index in [1.165, 1.54) is 0 Å². The Balaban J connectivity index is 1.98. The van der Waals surface area contributed by atoms with Gasteiger partial charge in [0.15, 0.2) is 0 Å². The molecular formula is C12H14Cl2NO. The van der Waals surface area contributed by atoms with Crippen LogP contribution in [0.2, 0.25) is 10.0 Å². The summed E-state index contributed by atoms with van der Waals surface area (Å²) < 4.78 is 0. The van der Waals surface area contributed by atoms with Crippen molar-refractivity contribution < 1.29 is 5.11 Å². The van der Waals surface area contributed by atoms with Crippen molar-refractivity contribution in [3.8, 4) is 0 Å². The average Bonchev–Trinajstić information content (AvgIpc) is 2.25. The van der Waals surface area contributed by atoms with Crippen LogP contribution in [0.3, 0.4) is 0 Å². The molecule has 1 radical (unpaired) electrons. The third-order valence-corrected chi connectivity index (χ3v) is 3.44. The zero-order chi connectivity index (χ0) is 11.5. The number of hydrogen-bond acceptors (Lipinski definition) is 1. The van der Waals surface area contributed by atoms with Crippen LogP contribution in [0.4, 0.5) is 5.69 Å². The molecule has 0 spiro atoms. The molecule has 0 amide bonds. The topological polar surface area (TPSA) is 34.3 Å². The monoisotopic (exact) mass is 258 g/mol. The second kappa shape index (κ2) is 5.26. The molecule has 1 aliphatic rings. The summed E-state index contributed by atoms with van der Waals surface area (Å²) in [6, 6.07) is 5.63. The Kier molecular flexibility index (Phi) is 3.95. The van der Waals surface area contributed by atoms with Gasteiger partial charge in [-0.1, -0.05) is 23.2 Å². The molecule has 1 aromatic carbocycles. The maximum absolute atomic E-state index is 9.40. The summed E-state index contributed by atoms with van der Waals surface area (Å²) in [5.74, 6) is 0. The number of aliphatic hydroxyl groups excluding tert-OH is 1. The third kappa shape index (κ3) is 3.03. The lowest BCUT2D eigenvalue weighted by molar-refractivity contribution is 0.119. The van der Waals surface area contributed by atoms with E-state index in [0.29, 0.717) is 10.0 Å². The molecule has 87 valence electrons. The minimum Gasteiger partial charge on any atom is -0.393 e. The van der Waals surface area contributed by atoms with E-state index in [4.69, 9.17) is 23.2 Å². The molecule has 0 unspecified atom stereocenters. The fourth-order valence-electron chi connectivity index (χ4n) is 1.97. The van der Waals surface area contributed by atoms with Gasteiger partial charge in [0.1, 0.15) is 0 Å². The predicted octanol–water partition coefficient (Wildman–Crippen LogP) is 3.53. The summed E-state index contributed by atoms with van der Waals surface area (Å²) in [5.41, 5.74) is 0.799. The first kappa shape index (κ1) is 12.0. The zero-order valence-electron chi connectivity index (χ0n) is 8.87. The van der Waals surface area contributed by atoms with Crippen LogP contribution in [0, 0.1) is 0 Å². The van der Waals surface area contributed by atoms with Crippen LogP contribution >= 0.6 is 23.2 Å². The highest BCUT2D eigenvalue weighted by Gasteiger charge is 2.20. The first-order chi connectivity index (χ1) is 7.65. The lowest BCUT2D eigenvalue weighted by atomic mass is 9.93. The van der Waals surface area contributed by atoms with Crippen LogP contribution < -0.4 is 5.32 Å². The maximum atomic E-state index is 9.40. The van der Waals surface area contributed by atoms with Gasteiger partial charge in [-0.3, -0.25) is 5.32 Å². The van der Waals surface area contributed by atoms with E-state index in [0.717, 1.165) is 31.4 Å². The number of nitrogens with zero attached hydrogens (tertiary/aromatic N) is 1. The van der Waals surface area contributed by atoms with Crippen LogP contribution in [0.15, 0.2) is 18.2 Å². The molecule has 16 heavy (non-hydrogen) atoms. The minimum absolute atomic E-state index is 0.146. The Labute approximate surface area is 106 Å². The summed E-state index contributed by atoms with van der Waals surface area (Å²) in [7, 11) is 0. The van der Waals surface area contributed by atoms with Gasteiger partial charge in [0, 0.05) is 5.02 Å². The van der Waals surface area contributed by atoms with Crippen LogP contribution in [0.1, 0.15) is 25.7 Å². The van der Waals surface area contributed by atoms with Crippen molar-refractivity contribution in [3.63, 3.8) is 0 Å². The van der Waals surface area contributed by atoms with E-state index in [2.05, 4.69) is 5.32 Å². The highest BCUT2D eigenvalue weighted by atomic mass is 35.5. The lowest BCUT2D eigenvalue weighted by Crippen LogP contribution is -2.27. The van der Waals surface area contributed by atoms with Crippen molar-refractivity contribution in [2.24, 2.45) is 0 Å². The first-order valence-corrected chi connectivity index (χ1v) is 6.24. The highest BCUT2D eigenvalue weighted by molar-refractivity contribution is 6.36. The molecule has 0 aromatic heterocycles. The van der Waals surface area contributed by atoms with Gasteiger partial charge in [0.05, 0.1) is 22.9 Å². The van der Waals surface area contributed by atoms with Gasteiger partial charge in [0.2, 0.25) is 0 Å². The summed E-state index contributed by atoms with van der Waals surface area (Å²) >= 11 is 11.9. The number of halogens is 2. The Morgan fingerprint density at radius 1 is 1.12 bits per heavy atom. The molecule has 4 heteroatoms. The number of benzene rings is 1. The smallest absolute Gasteiger partial charge is 0.0764 e. The van der Waals surface area contributed by atoms with E-state index in [1.54, 1.807) is 12.1 Å². The van der Waals surface area contributed by atoms with Gasteiger partial charge in [0.25, 0.3) is 0 Å². The van der Waals surface area contributed by atoms with Crippen LogP contribution in [0.5, 0.6) is 0 Å². The minimum atomic E-state index is -0.146. The molecular weight excluding hydrogens is 245 g/mol. The van der Waals surface area contributed by atoms with E-state index in [9.17, 15) is 5.11 Å². The molecule has 0 saturated heterocycles. The van der Waals surface area contributed by atoms with Crippen molar-refractivity contribution in [1.29, 1.82) is 0 Å². The van der Waals surface area contributed by atoms with Crippen molar-refractivity contribution in [1.82, 2.24) is 5.32 Å². The van der Waals surface area contributed by atoms with Crippen LogP contribution in [0.25, 0.3) is 0 Å². The molecule has 1 aliphatic carbocycles. The van der Waals surface area contributed by atoms with E-state index < -0.39 is 0 Å². The zero-order valence-corrected chi connectivity index (χ0v) is 10.4. The number of aliphatic hydroxyl groups is 1. The van der Waals surface area contributed by atoms with Gasteiger partial charge in [-0.25, -0.2) is 0 Å². The SMILES string of the molecule is O[C@H]1CC[C@H]([N]c2ccc(Cl)cc2Cl)CC1.